The summed E-state index contributed by atoms with van der Waals surface area (Å²) >= 11 is 0. The Bertz CT molecular complexity index is 258. The predicted molar refractivity (Wildman–Crippen MR) is 45.9 cm³/mol. The van der Waals surface area contributed by atoms with Crippen LogP contribution in [0.2, 0.25) is 0 Å². The molecule has 1 N–H and O–H groups in total. The Balaban J connectivity index is 3.90. The molecule has 14 heavy (non-hydrogen) atoms. The molecule has 0 aliphatic carbocycles. The molecular formula is C8H11NO5. The summed E-state index contributed by atoms with van der Waals surface area (Å²) in [5.74, 6) is -2.57. The molecule has 0 saturated heterocycles. The molecule has 0 aliphatic heterocycles. The third-order valence-electron chi connectivity index (χ3n) is 1.10. The second-order valence-electron chi connectivity index (χ2n) is 2.05. The van der Waals surface area contributed by atoms with Crippen molar-refractivity contribution in [3.05, 3.63) is 12.3 Å². The van der Waals surface area contributed by atoms with Crippen molar-refractivity contribution in [2.24, 2.45) is 0 Å². The van der Waals surface area contributed by atoms with Gasteiger partial charge in [-0.15, -0.1) is 0 Å². The van der Waals surface area contributed by atoms with Crippen molar-refractivity contribution in [2.75, 3.05) is 13.7 Å². The van der Waals surface area contributed by atoms with E-state index < -0.39 is 17.8 Å². The third-order valence-corrected chi connectivity index (χ3v) is 1.10. The smallest absolute Gasteiger partial charge is 0.397 e. The summed E-state index contributed by atoms with van der Waals surface area (Å²) in [5.41, 5.74) is 0. The summed E-state index contributed by atoms with van der Waals surface area (Å²) in [7, 11) is 1.19. The van der Waals surface area contributed by atoms with Gasteiger partial charge in [-0.25, -0.2) is 9.59 Å². The molecule has 0 heterocycles. The van der Waals surface area contributed by atoms with Gasteiger partial charge in [-0.2, -0.15) is 0 Å². The van der Waals surface area contributed by atoms with E-state index in [1.165, 1.54) is 7.11 Å². The fraction of sp³-hybridized carbons (Fsp3) is 0.375. The summed E-state index contributed by atoms with van der Waals surface area (Å²) in [6, 6.07) is 0. The standard InChI is InChI=1S/C8H11NO5/c1-3-14-8(12)7(11)9-5-4-6(10)13-2/h4-5H,3H2,1-2H3,(H,9,11). The summed E-state index contributed by atoms with van der Waals surface area (Å²) in [6.45, 7) is 1.70. The molecule has 6 nitrogen and oxygen atoms in total. The van der Waals surface area contributed by atoms with Crippen LogP contribution in [0.1, 0.15) is 6.92 Å². The molecular weight excluding hydrogens is 190 g/mol. The first-order valence-corrected chi connectivity index (χ1v) is 3.84. The Hall–Kier alpha value is -1.85. The number of carbonyl (C=O) groups is 3. The lowest BCUT2D eigenvalue weighted by molar-refractivity contribution is -0.154. The first kappa shape index (κ1) is 12.2. The van der Waals surface area contributed by atoms with E-state index in [-0.39, 0.29) is 6.61 Å². The number of hydrogen-bond donors (Lipinski definition) is 1. The normalized spacial score (nSPS) is 9.57. The minimum absolute atomic E-state index is 0.118. The molecule has 0 fully saturated rings. The lowest BCUT2D eigenvalue weighted by Crippen LogP contribution is -2.28. The monoisotopic (exact) mass is 201 g/mol. The average Bonchev–Trinajstić information content (AvgIpc) is 2.17. The number of amides is 1. The van der Waals surface area contributed by atoms with Crippen molar-refractivity contribution >= 4 is 17.8 Å². The van der Waals surface area contributed by atoms with E-state index >= 15 is 0 Å². The van der Waals surface area contributed by atoms with Gasteiger partial charge in [0.15, 0.2) is 0 Å². The summed E-state index contributed by atoms with van der Waals surface area (Å²) in [4.78, 5) is 32.0. The Morgan fingerprint density at radius 1 is 1.36 bits per heavy atom. The van der Waals surface area contributed by atoms with Crippen LogP contribution in [-0.2, 0) is 23.9 Å². The minimum atomic E-state index is -0.998. The van der Waals surface area contributed by atoms with Crippen LogP contribution in [0, 0.1) is 0 Å². The number of carbonyl (C=O) groups excluding carboxylic acids is 3. The van der Waals surface area contributed by atoms with Crippen LogP contribution in [0.5, 0.6) is 0 Å². The van der Waals surface area contributed by atoms with E-state index in [0.29, 0.717) is 0 Å². The fourth-order valence-corrected chi connectivity index (χ4v) is 0.509. The van der Waals surface area contributed by atoms with Gasteiger partial charge in [0.2, 0.25) is 0 Å². The molecule has 0 spiro atoms. The molecule has 1 amide bonds. The van der Waals surface area contributed by atoms with Gasteiger partial charge >= 0.3 is 17.8 Å². The van der Waals surface area contributed by atoms with Crippen LogP contribution in [0.3, 0.4) is 0 Å². The molecule has 0 bridgehead atoms. The highest BCUT2D eigenvalue weighted by Crippen LogP contribution is 1.79. The van der Waals surface area contributed by atoms with Crippen molar-refractivity contribution in [3.8, 4) is 0 Å². The van der Waals surface area contributed by atoms with Crippen molar-refractivity contribution in [2.45, 2.75) is 6.92 Å². The maximum Gasteiger partial charge on any atom is 0.397 e. The maximum atomic E-state index is 10.8. The van der Waals surface area contributed by atoms with E-state index in [9.17, 15) is 14.4 Å². The fourth-order valence-electron chi connectivity index (χ4n) is 0.509. The molecule has 78 valence electrons. The summed E-state index contributed by atoms with van der Waals surface area (Å²) < 4.78 is 8.63. The lowest BCUT2D eigenvalue weighted by atomic mass is 10.5. The number of ether oxygens (including phenoxy) is 2. The molecule has 0 rings (SSSR count). The zero-order valence-corrected chi connectivity index (χ0v) is 7.90. The summed E-state index contributed by atoms with van der Waals surface area (Å²) in [6.07, 6.45) is 1.97. The lowest BCUT2D eigenvalue weighted by Gasteiger charge is -1.98. The molecule has 0 radical (unpaired) electrons. The van der Waals surface area contributed by atoms with Gasteiger partial charge in [-0.3, -0.25) is 4.79 Å². The molecule has 0 aromatic carbocycles. The zero-order valence-electron chi connectivity index (χ0n) is 7.90. The van der Waals surface area contributed by atoms with Gasteiger partial charge in [-0.1, -0.05) is 0 Å². The highest BCUT2D eigenvalue weighted by atomic mass is 16.5. The van der Waals surface area contributed by atoms with Crippen LogP contribution in [0.15, 0.2) is 12.3 Å². The van der Waals surface area contributed by atoms with Gasteiger partial charge in [0.05, 0.1) is 13.7 Å². The first-order valence-electron chi connectivity index (χ1n) is 3.84. The average molecular weight is 201 g/mol. The Morgan fingerprint density at radius 3 is 2.50 bits per heavy atom. The SMILES string of the molecule is CCOC(=O)C(=O)NC=CC(=O)OC. The molecule has 6 heteroatoms. The van der Waals surface area contributed by atoms with Crippen LogP contribution in [-0.4, -0.2) is 31.6 Å². The van der Waals surface area contributed by atoms with Gasteiger partial charge in [0.25, 0.3) is 0 Å². The molecule has 0 atom stereocenters. The topological polar surface area (TPSA) is 81.7 Å². The second kappa shape index (κ2) is 6.64. The van der Waals surface area contributed by atoms with Crippen LogP contribution in [0.25, 0.3) is 0 Å². The van der Waals surface area contributed by atoms with Gasteiger partial charge in [-0.05, 0) is 6.92 Å². The van der Waals surface area contributed by atoms with E-state index in [4.69, 9.17) is 0 Å². The van der Waals surface area contributed by atoms with Crippen molar-refractivity contribution in [1.29, 1.82) is 0 Å². The number of methoxy groups -OCH3 is 1. The minimum Gasteiger partial charge on any atom is -0.466 e. The van der Waals surface area contributed by atoms with E-state index in [0.717, 1.165) is 12.3 Å². The Morgan fingerprint density at radius 2 is 2.00 bits per heavy atom. The van der Waals surface area contributed by atoms with E-state index in [2.05, 4.69) is 9.47 Å². The molecule has 0 unspecified atom stereocenters. The number of esters is 2. The van der Waals surface area contributed by atoms with Crippen LogP contribution >= 0.6 is 0 Å². The second-order valence-corrected chi connectivity index (χ2v) is 2.05. The number of hydrogen-bond acceptors (Lipinski definition) is 5. The third kappa shape index (κ3) is 4.91. The molecule has 0 aromatic heterocycles. The van der Waals surface area contributed by atoms with Crippen LogP contribution < -0.4 is 5.32 Å². The van der Waals surface area contributed by atoms with Crippen molar-refractivity contribution in [3.63, 3.8) is 0 Å². The van der Waals surface area contributed by atoms with Gasteiger partial charge in [0.1, 0.15) is 0 Å². The Labute approximate surface area is 80.9 Å². The predicted octanol–water partition coefficient (Wildman–Crippen LogP) is -0.648. The number of rotatable bonds is 3. The largest absolute Gasteiger partial charge is 0.466 e. The molecule has 0 saturated carbocycles. The zero-order chi connectivity index (χ0) is 11.0. The number of nitrogens with one attached hydrogen (secondary N) is 1. The van der Waals surface area contributed by atoms with E-state index in [1.807, 2.05) is 5.32 Å². The maximum absolute atomic E-state index is 10.8. The highest BCUT2D eigenvalue weighted by molar-refractivity contribution is 6.32. The Kier molecular flexibility index (Phi) is 5.77. The van der Waals surface area contributed by atoms with Crippen LogP contribution in [0.4, 0.5) is 0 Å². The van der Waals surface area contributed by atoms with Crippen molar-refractivity contribution < 1.29 is 23.9 Å². The first-order chi connectivity index (χ1) is 6.61. The summed E-state index contributed by atoms with van der Waals surface area (Å²) in [5, 5.41) is 2.04. The van der Waals surface area contributed by atoms with Crippen molar-refractivity contribution in [1.82, 2.24) is 5.32 Å². The van der Waals surface area contributed by atoms with Gasteiger partial charge in [0, 0.05) is 12.3 Å². The molecule has 0 aromatic rings. The molecule has 0 aliphatic rings. The van der Waals surface area contributed by atoms with Gasteiger partial charge < -0.3 is 14.8 Å². The highest BCUT2D eigenvalue weighted by Gasteiger charge is 2.12. The van der Waals surface area contributed by atoms with E-state index in [1.54, 1.807) is 6.92 Å². The quantitative estimate of drug-likeness (QED) is 0.373.